The molecule has 3 aromatic rings. The number of ether oxygens (including phenoxy) is 2. The van der Waals surface area contributed by atoms with Gasteiger partial charge in [-0.15, -0.1) is 0 Å². The number of nitrogens with zero attached hydrogens (tertiary/aromatic N) is 1. The van der Waals surface area contributed by atoms with Crippen molar-refractivity contribution in [3.63, 3.8) is 0 Å². The van der Waals surface area contributed by atoms with Crippen LogP contribution in [0.4, 0.5) is 0 Å². The third-order valence-electron chi connectivity index (χ3n) is 6.12. The fourth-order valence-corrected chi connectivity index (χ4v) is 4.94. The number of rotatable bonds is 0. The number of phenolic OH excluding ortho intramolecular Hbond substituents is 1. The molecule has 1 saturated heterocycles. The predicted molar refractivity (Wildman–Crippen MR) is 114 cm³/mol. The lowest BCUT2D eigenvalue weighted by Crippen LogP contribution is -2.35. The van der Waals surface area contributed by atoms with Crippen LogP contribution in [-0.2, 0) is 23.1 Å². The van der Waals surface area contributed by atoms with Gasteiger partial charge in [-0.1, -0.05) is 6.07 Å². The Labute approximate surface area is 174 Å². The highest BCUT2D eigenvalue weighted by atomic mass is 32.2. The predicted octanol–water partition coefficient (Wildman–Crippen LogP) is 3.45. The molecule has 0 unspecified atom stereocenters. The van der Waals surface area contributed by atoms with E-state index in [1.807, 2.05) is 12.1 Å². The molecule has 3 aromatic carbocycles. The monoisotopic (exact) mass is 429 g/mol. The Morgan fingerprint density at radius 2 is 1.67 bits per heavy atom. The summed E-state index contributed by atoms with van der Waals surface area (Å²) in [5, 5.41) is 14.8. The molecule has 7 nitrogen and oxygen atoms in total. The van der Waals surface area contributed by atoms with Crippen LogP contribution in [0.2, 0.25) is 0 Å². The van der Waals surface area contributed by atoms with Crippen molar-refractivity contribution in [2.75, 3.05) is 19.6 Å². The van der Waals surface area contributed by atoms with Crippen LogP contribution in [0, 0.1) is 0 Å². The average Bonchev–Trinajstić information content (AvgIpc) is 3.32. The van der Waals surface area contributed by atoms with Crippen molar-refractivity contribution >= 4 is 31.7 Å². The van der Waals surface area contributed by atoms with Gasteiger partial charge in [0.15, 0.2) is 11.5 Å². The fourth-order valence-electron chi connectivity index (χ4n) is 4.94. The van der Waals surface area contributed by atoms with E-state index < -0.39 is 10.1 Å². The fraction of sp³-hybridized carbons (Fsp3) is 0.364. The minimum absolute atomic E-state index is 0.283. The van der Waals surface area contributed by atoms with E-state index in [1.54, 1.807) is 0 Å². The molecule has 3 aliphatic heterocycles. The number of aromatic hydroxyl groups is 1. The normalized spacial score (nSPS) is 20.0. The van der Waals surface area contributed by atoms with E-state index in [2.05, 4.69) is 23.1 Å². The number of fused-ring (bicyclic) bond motifs is 8. The molecule has 2 N–H and O–H groups in total. The summed E-state index contributed by atoms with van der Waals surface area (Å²) in [5.74, 6) is 1.94. The maximum atomic E-state index is 10.1. The summed E-state index contributed by atoms with van der Waals surface area (Å²) in [7, 11) is -3.67. The van der Waals surface area contributed by atoms with E-state index in [4.69, 9.17) is 14.0 Å². The molecular weight excluding hydrogens is 406 g/mol. The van der Waals surface area contributed by atoms with Crippen LogP contribution in [0.3, 0.4) is 0 Å². The molecule has 8 heteroatoms. The Hall–Kier alpha value is -2.55. The van der Waals surface area contributed by atoms with Crippen molar-refractivity contribution in [2.24, 2.45) is 0 Å². The summed E-state index contributed by atoms with van der Waals surface area (Å²) in [6.45, 7) is 2.49. The summed E-state index contributed by atoms with van der Waals surface area (Å²) in [6, 6.07) is 10.7. The standard InChI is InChI=1S/C21H19NO3.CH4O3S/c23-13-3-4-14-15-6-12-2-1-5-22(12)10-19(15)18-9-21-20(24-11-25-21)8-17(18)16(14)7-13;1-5(2,3)4/h3-4,7-9,12,23H,1-2,5-6,10-11H2;1H3,(H,2,3,4)/t12-;/m0./s1. The first-order valence-corrected chi connectivity index (χ1v) is 11.8. The maximum Gasteiger partial charge on any atom is 0.261 e. The lowest BCUT2D eigenvalue weighted by molar-refractivity contribution is 0.174. The highest BCUT2D eigenvalue weighted by molar-refractivity contribution is 7.85. The number of benzene rings is 3. The van der Waals surface area contributed by atoms with Gasteiger partial charge in [-0.05, 0) is 82.7 Å². The smallest absolute Gasteiger partial charge is 0.261 e. The molecule has 158 valence electrons. The molecule has 1 atom stereocenters. The van der Waals surface area contributed by atoms with Gasteiger partial charge >= 0.3 is 0 Å². The molecule has 0 aliphatic carbocycles. The van der Waals surface area contributed by atoms with Gasteiger partial charge in [-0.2, -0.15) is 8.42 Å². The Morgan fingerprint density at radius 3 is 2.40 bits per heavy atom. The second-order valence-corrected chi connectivity index (χ2v) is 9.61. The quantitative estimate of drug-likeness (QED) is 0.417. The van der Waals surface area contributed by atoms with Crippen LogP contribution < -0.4 is 9.47 Å². The second-order valence-electron chi connectivity index (χ2n) is 8.14. The highest BCUT2D eigenvalue weighted by Gasteiger charge is 2.32. The van der Waals surface area contributed by atoms with Gasteiger partial charge in [0, 0.05) is 12.6 Å². The first kappa shape index (κ1) is 19.4. The zero-order valence-electron chi connectivity index (χ0n) is 16.6. The summed E-state index contributed by atoms with van der Waals surface area (Å²) >= 11 is 0. The summed E-state index contributed by atoms with van der Waals surface area (Å²) in [6.07, 6.45) is 4.40. The second kappa shape index (κ2) is 7.01. The average molecular weight is 429 g/mol. The van der Waals surface area contributed by atoms with Crippen molar-refractivity contribution in [3.05, 3.63) is 41.5 Å². The number of phenols is 1. The minimum atomic E-state index is -3.67. The van der Waals surface area contributed by atoms with Crippen LogP contribution in [0.1, 0.15) is 24.0 Å². The van der Waals surface area contributed by atoms with E-state index in [9.17, 15) is 13.5 Å². The minimum Gasteiger partial charge on any atom is -0.508 e. The molecule has 3 aliphatic rings. The Balaban J connectivity index is 0.000000349. The maximum absolute atomic E-state index is 10.1. The molecule has 0 bridgehead atoms. The molecular formula is C22H23NO6S. The van der Waals surface area contributed by atoms with Crippen LogP contribution >= 0.6 is 0 Å². The molecule has 0 amide bonds. The third-order valence-corrected chi connectivity index (χ3v) is 6.12. The van der Waals surface area contributed by atoms with Crippen LogP contribution in [0.25, 0.3) is 21.5 Å². The van der Waals surface area contributed by atoms with E-state index in [-0.39, 0.29) is 6.79 Å². The summed E-state index contributed by atoms with van der Waals surface area (Å²) in [4.78, 5) is 2.62. The molecule has 3 heterocycles. The van der Waals surface area contributed by atoms with Crippen molar-refractivity contribution in [1.29, 1.82) is 0 Å². The lowest BCUT2D eigenvalue weighted by Gasteiger charge is -2.33. The summed E-state index contributed by atoms with van der Waals surface area (Å²) in [5.41, 5.74) is 2.87. The van der Waals surface area contributed by atoms with Gasteiger partial charge in [-0.25, -0.2) is 0 Å². The third kappa shape index (κ3) is 3.45. The van der Waals surface area contributed by atoms with Crippen molar-refractivity contribution < 1.29 is 27.6 Å². The lowest BCUT2D eigenvalue weighted by atomic mass is 9.85. The number of hydrogen-bond acceptors (Lipinski definition) is 6. The molecule has 0 saturated carbocycles. The Morgan fingerprint density at radius 1 is 1.00 bits per heavy atom. The van der Waals surface area contributed by atoms with Crippen LogP contribution in [-0.4, -0.2) is 48.6 Å². The molecule has 1 fully saturated rings. The zero-order chi connectivity index (χ0) is 21.0. The van der Waals surface area contributed by atoms with Crippen LogP contribution in [0.5, 0.6) is 17.2 Å². The van der Waals surface area contributed by atoms with Gasteiger partial charge in [0.1, 0.15) is 5.75 Å². The van der Waals surface area contributed by atoms with Crippen molar-refractivity contribution in [1.82, 2.24) is 4.90 Å². The van der Waals surface area contributed by atoms with Crippen molar-refractivity contribution in [2.45, 2.75) is 31.8 Å². The van der Waals surface area contributed by atoms with E-state index >= 15 is 0 Å². The zero-order valence-corrected chi connectivity index (χ0v) is 17.4. The first-order valence-electron chi connectivity index (χ1n) is 9.94. The summed E-state index contributed by atoms with van der Waals surface area (Å²) < 4.78 is 37.1. The van der Waals surface area contributed by atoms with Gasteiger partial charge in [0.2, 0.25) is 6.79 Å². The first-order chi connectivity index (χ1) is 14.3. The van der Waals surface area contributed by atoms with Gasteiger partial charge in [0.05, 0.1) is 6.26 Å². The van der Waals surface area contributed by atoms with Gasteiger partial charge in [0.25, 0.3) is 10.1 Å². The van der Waals surface area contributed by atoms with Gasteiger partial charge in [-0.3, -0.25) is 9.45 Å². The van der Waals surface area contributed by atoms with Gasteiger partial charge < -0.3 is 14.6 Å². The SMILES string of the molecule is CS(=O)(=O)O.Oc1ccc2c3c(c4cc5c(cc4c2c1)OCO5)CN1CCC[C@H]1C3. The number of hydrogen-bond donors (Lipinski definition) is 2. The molecule has 6 rings (SSSR count). The molecule has 0 spiro atoms. The van der Waals surface area contributed by atoms with E-state index in [1.165, 1.54) is 41.3 Å². The van der Waals surface area contributed by atoms with E-state index in [0.717, 1.165) is 35.2 Å². The van der Waals surface area contributed by atoms with E-state index in [0.29, 0.717) is 18.0 Å². The Kier molecular flexibility index (Phi) is 4.53. The topological polar surface area (TPSA) is 96.3 Å². The molecule has 30 heavy (non-hydrogen) atoms. The largest absolute Gasteiger partial charge is 0.508 e. The molecule has 0 aromatic heterocycles. The van der Waals surface area contributed by atoms with Crippen molar-refractivity contribution in [3.8, 4) is 17.2 Å². The highest BCUT2D eigenvalue weighted by Crippen LogP contribution is 2.45. The Bertz CT molecular complexity index is 1260. The van der Waals surface area contributed by atoms with Crippen LogP contribution in [0.15, 0.2) is 30.3 Å². The molecule has 0 radical (unpaired) electrons.